The average Bonchev–Trinajstić information content (AvgIpc) is 3.24. The Labute approximate surface area is 170 Å². The number of hydrogen-bond acceptors (Lipinski definition) is 3. The lowest BCUT2D eigenvalue weighted by Gasteiger charge is -2.29. The Morgan fingerprint density at radius 1 is 1.08 bits per heavy atom. The number of hydrogen-bond donors (Lipinski definition) is 0. The van der Waals surface area contributed by atoms with Gasteiger partial charge in [0.2, 0.25) is 0 Å². The Morgan fingerprint density at radius 2 is 1.65 bits per heavy atom. The second-order valence-electron chi connectivity index (χ2n) is 6.95. The zero-order chi connectivity index (χ0) is 18.8. The molecule has 5 heteroatoms. The molecule has 0 aromatic heterocycles. The molecule has 0 N–H and O–H groups in total. The highest BCUT2D eigenvalue weighted by atomic mass is 79.9. The van der Waals surface area contributed by atoms with Crippen molar-refractivity contribution in [2.24, 2.45) is 10.8 Å². The SMILES string of the molecule is CC1(C(=O)OC(Br)=CBr)CC1(C)C(Oc1ccccc1)c1ccccc1. The van der Waals surface area contributed by atoms with Crippen molar-refractivity contribution in [3.8, 4) is 5.75 Å². The lowest BCUT2D eigenvalue weighted by molar-refractivity contribution is -0.146. The van der Waals surface area contributed by atoms with Crippen LogP contribution in [0.5, 0.6) is 5.75 Å². The second-order valence-corrected chi connectivity index (χ2v) is 8.19. The van der Waals surface area contributed by atoms with Crippen LogP contribution in [0.15, 0.2) is 70.3 Å². The van der Waals surface area contributed by atoms with E-state index < -0.39 is 5.41 Å². The van der Waals surface area contributed by atoms with Crippen LogP contribution in [-0.2, 0) is 9.53 Å². The van der Waals surface area contributed by atoms with Crippen LogP contribution in [0.2, 0.25) is 0 Å². The standard InChI is InChI=1S/C21H20Br2O3/c1-20(14-21(20,2)19(24)26-17(23)13-22)18(15-9-5-3-6-10-15)25-16-11-7-4-8-12-16/h3-13,18H,14H2,1-2H3. The van der Waals surface area contributed by atoms with Crippen LogP contribution in [0.25, 0.3) is 0 Å². The van der Waals surface area contributed by atoms with Gasteiger partial charge in [-0.15, -0.1) is 0 Å². The Bertz CT molecular complexity index is 807. The van der Waals surface area contributed by atoms with Crippen LogP contribution in [0.4, 0.5) is 0 Å². The fraction of sp³-hybridized carbons (Fsp3) is 0.286. The van der Waals surface area contributed by atoms with Crippen molar-refractivity contribution < 1.29 is 14.3 Å². The van der Waals surface area contributed by atoms with Crippen molar-refractivity contribution in [3.05, 3.63) is 75.9 Å². The van der Waals surface area contributed by atoms with E-state index in [0.717, 1.165) is 11.3 Å². The molecule has 0 bridgehead atoms. The molecule has 2 aromatic rings. The maximum absolute atomic E-state index is 12.7. The summed E-state index contributed by atoms with van der Waals surface area (Å²) >= 11 is 6.37. The highest BCUT2D eigenvalue weighted by Gasteiger charge is 2.71. The zero-order valence-electron chi connectivity index (χ0n) is 14.6. The minimum absolute atomic E-state index is 0.254. The fourth-order valence-electron chi connectivity index (χ4n) is 3.43. The number of benzene rings is 2. The van der Waals surface area contributed by atoms with Gasteiger partial charge in [-0.05, 0) is 47.0 Å². The molecule has 1 fully saturated rings. The first kappa shape index (κ1) is 19.2. The molecule has 3 atom stereocenters. The maximum atomic E-state index is 12.7. The third-order valence-electron chi connectivity index (χ3n) is 5.26. The predicted octanol–water partition coefficient (Wildman–Crippen LogP) is 6.35. The van der Waals surface area contributed by atoms with E-state index in [-0.39, 0.29) is 17.5 Å². The van der Waals surface area contributed by atoms with Gasteiger partial charge in [0, 0.05) is 10.4 Å². The van der Waals surface area contributed by atoms with E-state index in [1.54, 1.807) is 0 Å². The van der Waals surface area contributed by atoms with E-state index in [1.165, 1.54) is 4.99 Å². The van der Waals surface area contributed by atoms with Crippen molar-refractivity contribution in [2.75, 3.05) is 0 Å². The van der Waals surface area contributed by atoms with Crippen LogP contribution < -0.4 is 4.74 Å². The molecule has 0 heterocycles. The minimum Gasteiger partial charge on any atom is -0.485 e. The van der Waals surface area contributed by atoms with Crippen molar-refractivity contribution in [1.82, 2.24) is 0 Å². The molecule has 0 spiro atoms. The van der Waals surface area contributed by atoms with Gasteiger partial charge in [0.1, 0.15) is 11.9 Å². The van der Waals surface area contributed by atoms with Crippen molar-refractivity contribution in [2.45, 2.75) is 26.4 Å². The zero-order valence-corrected chi connectivity index (χ0v) is 17.8. The molecule has 3 nitrogen and oxygen atoms in total. The van der Waals surface area contributed by atoms with E-state index in [1.807, 2.05) is 67.6 Å². The molecule has 3 rings (SSSR count). The molecular weight excluding hydrogens is 460 g/mol. The largest absolute Gasteiger partial charge is 0.485 e. The molecule has 0 radical (unpaired) electrons. The Morgan fingerprint density at radius 3 is 2.23 bits per heavy atom. The number of carbonyl (C=O) groups is 1. The Hall–Kier alpha value is -1.59. The van der Waals surface area contributed by atoms with Crippen LogP contribution in [0.1, 0.15) is 31.9 Å². The van der Waals surface area contributed by atoms with Gasteiger partial charge >= 0.3 is 5.97 Å². The quantitative estimate of drug-likeness (QED) is 0.357. The normalized spacial score (nSPS) is 26.1. The first-order chi connectivity index (χ1) is 12.4. The van der Waals surface area contributed by atoms with Gasteiger partial charge in [-0.2, -0.15) is 0 Å². The van der Waals surface area contributed by atoms with Crippen molar-refractivity contribution in [3.63, 3.8) is 0 Å². The number of ether oxygens (including phenoxy) is 2. The molecule has 3 unspecified atom stereocenters. The third-order valence-corrected chi connectivity index (χ3v) is 6.68. The van der Waals surface area contributed by atoms with Crippen molar-refractivity contribution in [1.29, 1.82) is 0 Å². The summed E-state index contributed by atoms with van der Waals surface area (Å²) in [4.78, 5) is 14.3. The van der Waals surface area contributed by atoms with Crippen molar-refractivity contribution >= 4 is 37.8 Å². The van der Waals surface area contributed by atoms with Crippen LogP contribution in [-0.4, -0.2) is 5.97 Å². The number of esters is 1. The molecule has 1 saturated carbocycles. The van der Waals surface area contributed by atoms with Gasteiger partial charge in [0.25, 0.3) is 0 Å². The molecule has 26 heavy (non-hydrogen) atoms. The Balaban J connectivity index is 1.91. The maximum Gasteiger partial charge on any atom is 0.318 e. The van der Waals surface area contributed by atoms with Crippen LogP contribution >= 0.6 is 31.9 Å². The van der Waals surface area contributed by atoms with E-state index in [4.69, 9.17) is 9.47 Å². The minimum atomic E-state index is -0.628. The molecule has 2 aromatic carbocycles. The van der Waals surface area contributed by atoms with E-state index in [2.05, 4.69) is 38.8 Å². The van der Waals surface area contributed by atoms with Gasteiger partial charge in [0.05, 0.1) is 5.41 Å². The topological polar surface area (TPSA) is 35.5 Å². The summed E-state index contributed by atoms with van der Waals surface area (Å²) in [6.45, 7) is 4.02. The van der Waals surface area contributed by atoms with Crippen LogP contribution in [0.3, 0.4) is 0 Å². The lowest BCUT2D eigenvalue weighted by Crippen LogP contribution is -2.28. The van der Waals surface area contributed by atoms with E-state index in [9.17, 15) is 4.79 Å². The molecule has 1 aliphatic carbocycles. The Kier molecular flexibility index (Phi) is 5.58. The molecule has 0 amide bonds. The smallest absolute Gasteiger partial charge is 0.318 e. The summed E-state index contributed by atoms with van der Waals surface area (Å²) < 4.78 is 12.1. The number of carbonyl (C=O) groups excluding carboxylic acids is 1. The summed E-state index contributed by atoms with van der Waals surface area (Å²) in [5, 5.41) is 0. The van der Waals surface area contributed by atoms with Gasteiger partial charge < -0.3 is 9.47 Å². The summed E-state index contributed by atoms with van der Waals surface area (Å²) in [6.07, 6.45) is 0.434. The highest BCUT2D eigenvalue weighted by molar-refractivity contribution is 9.13. The summed E-state index contributed by atoms with van der Waals surface area (Å²) in [6, 6.07) is 19.7. The monoisotopic (exact) mass is 478 g/mol. The number of para-hydroxylation sites is 1. The molecule has 0 saturated heterocycles. The first-order valence-electron chi connectivity index (χ1n) is 8.35. The molecule has 136 valence electrons. The van der Waals surface area contributed by atoms with E-state index in [0.29, 0.717) is 11.1 Å². The second kappa shape index (κ2) is 7.57. The number of halogens is 2. The van der Waals surface area contributed by atoms with Gasteiger partial charge in [0.15, 0.2) is 4.67 Å². The molecule has 0 aliphatic heterocycles. The highest BCUT2D eigenvalue weighted by Crippen LogP contribution is 2.70. The third kappa shape index (κ3) is 3.60. The van der Waals surface area contributed by atoms with Gasteiger partial charge in [-0.25, -0.2) is 0 Å². The van der Waals surface area contributed by atoms with Gasteiger partial charge in [-0.3, -0.25) is 4.79 Å². The number of rotatable bonds is 6. The molecular formula is C21H20Br2O3. The summed E-state index contributed by atoms with van der Waals surface area (Å²) in [7, 11) is 0. The first-order valence-corrected chi connectivity index (χ1v) is 10.1. The lowest BCUT2D eigenvalue weighted by atomic mass is 9.86. The summed E-state index contributed by atoms with van der Waals surface area (Å²) in [5.41, 5.74) is 0.0449. The van der Waals surface area contributed by atoms with E-state index >= 15 is 0 Å². The average molecular weight is 480 g/mol. The molecule has 1 aliphatic rings. The summed E-state index contributed by atoms with van der Waals surface area (Å²) in [5.74, 6) is 0.520. The predicted molar refractivity (Wildman–Crippen MR) is 109 cm³/mol. The van der Waals surface area contributed by atoms with Gasteiger partial charge in [-0.1, -0.05) is 71.4 Å². The van der Waals surface area contributed by atoms with Crippen LogP contribution in [0, 0.1) is 10.8 Å². The fourth-order valence-corrected chi connectivity index (χ4v) is 3.67.